The molecule has 5 heteroatoms. The van der Waals surface area contributed by atoms with Crippen molar-refractivity contribution in [2.75, 3.05) is 11.9 Å². The Morgan fingerprint density at radius 3 is 2.10 bits per heavy atom. The lowest BCUT2D eigenvalue weighted by Gasteiger charge is -2.28. The molecule has 0 saturated heterocycles. The van der Waals surface area contributed by atoms with Gasteiger partial charge in [-0.2, -0.15) is 5.26 Å². The maximum Gasteiger partial charge on any atom is 0.335 e. The van der Waals surface area contributed by atoms with E-state index in [0.717, 1.165) is 0 Å². The minimum atomic E-state index is -1.03. The van der Waals surface area contributed by atoms with Crippen LogP contribution in [-0.4, -0.2) is 24.0 Å². The third-order valence-electron chi connectivity index (χ3n) is 3.64. The summed E-state index contributed by atoms with van der Waals surface area (Å²) >= 11 is 0. The van der Waals surface area contributed by atoms with Crippen LogP contribution in [0.2, 0.25) is 0 Å². The van der Waals surface area contributed by atoms with Gasteiger partial charge in [0.25, 0.3) is 0 Å². The number of carbonyl (C=O) groups excluding carboxylic acids is 1. The van der Waals surface area contributed by atoms with E-state index in [2.05, 4.69) is 6.07 Å². The molecule has 0 bridgehead atoms. The summed E-state index contributed by atoms with van der Waals surface area (Å²) < 4.78 is 0. The number of carbonyl (C=O) groups is 2. The molecule has 0 saturated carbocycles. The Morgan fingerprint density at radius 2 is 1.75 bits per heavy atom. The Kier molecular flexibility index (Phi) is 4.87. The number of nitrogens with zero attached hydrogens (tertiary/aromatic N) is 2. The zero-order valence-electron chi connectivity index (χ0n) is 11.9. The van der Waals surface area contributed by atoms with Crippen LogP contribution in [0.25, 0.3) is 0 Å². The van der Waals surface area contributed by atoms with Gasteiger partial charge >= 0.3 is 5.97 Å². The molecule has 1 N–H and O–H groups in total. The van der Waals surface area contributed by atoms with E-state index in [4.69, 9.17) is 5.11 Å². The van der Waals surface area contributed by atoms with E-state index in [1.165, 1.54) is 17.0 Å². The number of rotatable bonds is 5. The lowest BCUT2D eigenvalue weighted by atomic mass is 9.82. The van der Waals surface area contributed by atoms with Gasteiger partial charge in [0.2, 0.25) is 5.91 Å². The van der Waals surface area contributed by atoms with Crippen molar-refractivity contribution in [3.8, 4) is 6.07 Å². The highest BCUT2D eigenvalue weighted by Crippen LogP contribution is 2.29. The van der Waals surface area contributed by atoms with Crippen LogP contribution in [0, 0.1) is 16.7 Å². The summed E-state index contributed by atoms with van der Waals surface area (Å²) in [5.74, 6) is -1.29. The van der Waals surface area contributed by atoms with Crippen molar-refractivity contribution in [1.29, 1.82) is 5.26 Å². The van der Waals surface area contributed by atoms with E-state index in [-0.39, 0.29) is 11.5 Å². The van der Waals surface area contributed by atoms with Crippen LogP contribution in [0.4, 0.5) is 5.69 Å². The predicted octanol–water partition coefficient (Wildman–Crippen LogP) is 2.68. The molecule has 0 spiro atoms. The van der Waals surface area contributed by atoms with Crippen LogP contribution in [0.5, 0.6) is 0 Å². The molecule has 1 rings (SSSR count). The molecule has 5 nitrogen and oxygen atoms in total. The minimum Gasteiger partial charge on any atom is -0.478 e. The van der Waals surface area contributed by atoms with Gasteiger partial charge in [-0.25, -0.2) is 4.79 Å². The van der Waals surface area contributed by atoms with E-state index in [9.17, 15) is 14.9 Å². The van der Waals surface area contributed by atoms with E-state index in [0.29, 0.717) is 18.5 Å². The van der Waals surface area contributed by atoms with Crippen molar-refractivity contribution >= 4 is 17.6 Å². The summed E-state index contributed by atoms with van der Waals surface area (Å²) in [4.78, 5) is 24.7. The summed E-state index contributed by atoms with van der Waals surface area (Å²) in [6.07, 6.45) is 0.882. The maximum atomic E-state index is 12.5. The second-order valence-electron chi connectivity index (χ2n) is 4.62. The summed E-state index contributed by atoms with van der Waals surface area (Å²) in [6, 6.07) is 8.11. The molecule has 1 aromatic carbocycles. The fourth-order valence-electron chi connectivity index (χ4n) is 2.02. The number of amides is 1. The van der Waals surface area contributed by atoms with Gasteiger partial charge in [0.1, 0.15) is 5.41 Å². The second kappa shape index (κ2) is 6.20. The number of hydrogen-bond donors (Lipinski definition) is 1. The van der Waals surface area contributed by atoms with Gasteiger partial charge in [-0.15, -0.1) is 0 Å². The smallest absolute Gasteiger partial charge is 0.335 e. The van der Waals surface area contributed by atoms with Gasteiger partial charge < -0.3 is 10.0 Å². The fraction of sp³-hybridized carbons (Fsp3) is 0.400. The third kappa shape index (κ3) is 2.80. The average Bonchev–Trinajstić information content (AvgIpc) is 2.48. The van der Waals surface area contributed by atoms with Gasteiger partial charge in [0, 0.05) is 12.7 Å². The maximum absolute atomic E-state index is 12.5. The van der Waals surface area contributed by atoms with Gasteiger partial charge in [-0.1, -0.05) is 13.8 Å². The molecule has 0 radical (unpaired) electrons. The van der Waals surface area contributed by atoms with Crippen LogP contribution in [0.1, 0.15) is 37.0 Å². The minimum absolute atomic E-state index is 0.159. The quantitative estimate of drug-likeness (QED) is 0.895. The first-order chi connectivity index (χ1) is 9.41. The lowest BCUT2D eigenvalue weighted by molar-refractivity contribution is -0.125. The van der Waals surface area contributed by atoms with Crippen molar-refractivity contribution in [2.45, 2.75) is 26.7 Å². The molecule has 1 amide bonds. The first-order valence-electron chi connectivity index (χ1n) is 6.44. The van der Waals surface area contributed by atoms with Crippen molar-refractivity contribution in [3.05, 3.63) is 29.8 Å². The number of benzene rings is 1. The normalized spacial score (nSPS) is 10.7. The second-order valence-corrected chi connectivity index (χ2v) is 4.62. The standard InChI is InChI=1S/C15H18N2O3/c1-4-15(5-2,10-16)14(20)17(3)12-8-6-11(7-9-12)13(18)19/h6-9H,4-5H2,1-3H3,(H,18,19). The molecule has 20 heavy (non-hydrogen) atoms. The molecule has 0 aliphatic rings. The Labute approximate surface area is 118 Å². The fourth-order valence-corrected chi connectivity index (χ4v) is 2.02. The van der Waals surface area contributed by atoms with Crippen LogP contribution in [0.3, 0.4) is 0 Å². The zero-order chi connectivity index (χ0) is 15.3. The van der Waals surface area contributed by atoms with Crippen molar-refractivity contribution in [3.63, 3.8) is 0 Å². The number of hydrogen-bond acceptors (Lipinski definition) is 3. The molecule has 1 aromatic rings. The van der Waals surface area contributed by atoms with E-state index >= 15 is 0 Å². The van der Waals surface area contributed by atoms with Gasteiger partial charge in [-0.3, -0.25) is 4.79 Å². The van der Waals surface area contributed by atoms with Gasteiger partial charge in [-0.05, 0) is 37.1 Å². The third-order valence-corrected chi connectivity index (χ3v) is 3.64. The lowest BCUT2D eigenvalue weighted by Crippen LogP contribution is -2.40. The molecule has 0 heterocycles. The highest BCUT2D eigenvalue weighted by molar-refractivity contribution is 5.99. The van der Waals surface area contributed by atoms with Crippen LogP contribution >= 0.6 is 0 Å². The SMILES string of the molecule is CCC(C#N)(CC)C(=O)N(C)c1ccc(C(=O)O)cc1. The molecular weight excluding hydrogens is 256 g/mol. The van der Waals surface area contributed by atoms with Crippen molar-refractivity contribution < 1.29 is 14.7 Å². The van der Waals surface area contributed by atoms with E-state index in [1.54, 1.807) is 19.2 Å². The van der Waals surface area contributed by atoms with Crippen molar-refractivity contribution in [1.82, 2.24) is 0 Å². The average molecular weight is 274 g/mol. The Hall–Kier alpha value is -2.35. The number of carboxylic acid groups (broad SMARTS) is 1. The number of carboxylic acids is 1. The number of nitriles is 1. The van der Waals surface area contributed by atoms with E-state index in [1.807, 2.05) is 13.8 Å². The van der Waals surface area contributed by atoms with Gasteiger partial charge in [0.15, 0.2) is 0 Å². The zero-order valence-corrected chi connectivity index (χ0v) is 11.9. The van der Waals surface area contributed by atoms with Crippen molar-refractivity contribution in [2.24, 2.45) is 5.41 Å². The molecule has 106 valence electrons. The highest BCUT2D eigenvalue weighted by Gasteiger charge is 2.37. The summed E-state index contributed by atoms with van der Waals surface area (Å²) in [5, 5.41) is 18.1. The Bertz CT molecular complexity index is 539. The van der Waals surface area contributed by atoms with E-state index < -0.39 is 11.4 Å². The topological polar surface area (TPSA) is 81.4 Å². The van der Waals surface area contributed by atoms with Gasteiger partial charge in [0.05, 0.1) is 11.6 Å². The predicted molar refractivity (Wildman–Crippen MR) is 75.4 cm³/mol. The molecule has 0 fully saturated rings. The summed E-state index contributed by atoms with van der Waals surface area (Å²) in [5.41, 5.74) is -0.297. The first kappa shape index (κ1) is 15.7. The molecular formula is C15H18N2O3. The van der Waals surface area contributed by atoms with Crippen LogP contribution < -0.4 is 4.90 Å². The Morgan fingerprint density at radius 1 is 1.25 bits per heavy atom. The van der Waals surface area contributed by atoms with Crippen LogP contribution in [-0.2, 0) is 4.79 Å². The summed E-state index contributed by atoms with van der Waals surface area (Å²) in [7, 11) is 1.59. The Balaban J connectivity index is 3.05. The molecule has 0 atom stereocenters. The van der Waals surface area contributed by atoms with Crippen LogP contribution in [0.15, 0.2) is 24.3 Å². The first-order valence-corrected chi connectivity index (χ1v) is 6.44. The molecule has 0 aromatic heterocycles. The largest absolute Gasteiger partial charge is 0.478 e. The molecule has 0 aliphatic heterocycles. The molecule has 0 unspecified atom stereocenters. The summed E-state index contributed by atoms with van der Waals surface area (Å²) in [6.45, 7) is 3.62. The number of anilines is 1. The monoisotopic (exact) mass is 274 g/mol. The number of aromatic carboxylic acids is 1. The highest BCUT2D eigenvalue weighted by atomic mass is 16.4. The molecule has 0 aliphatic carbocycles.